The van der Waals surface area contributed by atoms with Crippen molar-refractivity contribution < 1.29 is 0 Å². The van der Waals surface area contributed by atoms with E-state index in [-0.39, 0.29) is 5.54 Å². The smallest absolute Gasteiger partial charge is 0.0861 e. The van der Waals surface area contributed by atoms with Crippen LogP contribution in [0.15, 0.2) is 121 Å². The van der Waals surface area contributed by atoms with E-state index in [9.17, 15) is 0 Å². The van der Waals surface area contributed by atoms with Gasteiger partial charge in [-0.1, -0.05) is 84.4 Å². The van der Waals surface area contributed by atoms with Crippen LogP contribution in [0.5, 0.6) is 0 Å². The monoisotopic (exact) mass is 632 g/mol. The molecule has 1 aliphatic carbocycles. The highest BCUT2D eigenvalue weighted by Crippen LogP contribution is 2.49. The van der Waals surface area contributed by atoms with Crippen LogP contribution in [-0.2, 0) is 12.0 Å². The molecular formula is C42H36N2S2. The lowest BCUT2D eigenvalue weighted by molar-refractivity contribution is 0.611. The molecule has 7 aromatic rings. The molecule has 1 aliphatic rings. The van der Waals surface area contributed by atoms with Crippen LogP contribution in [0.2, 0.25) is 0 Å². The van der Waals surface area contributed by atoms with E-state index in [4.69, 9.17) is 0 Å². The van der Waals surface area contributed by atoms with Gasteiger partial charge in [0.25, 0.3) is 0 Å². The maximum Gasteiger partial charge on any atom is 0.0861 e. The van der Waals surface area contributed by atoms with E-state index in [2.05, 4.69) is 165 Å². The topological polar surface area (TPSA) is 15.3 Å². The van der Waals surface area contributed by atoms with E-state index in [1.165, 1.54) is 74.8 Å². The lowest BCUT2D eigenvalue weighted by Crippen LogP contribution is -2.37. The van der Waals surface area contributed by atoms with Gasteiger partial charge in [0.1, 0.15) is 0 Å². The molecule has 0 saturated heterocycles. The molecule has 1 unspecified atom stereocenters. The molecule has 2 heterocycles. The molecule has 0 saturated carbocycles. The molecule has 0 radical (unpaired) electrons. The highest BCUT2D eigenvalue weighted by molar-refractivity contribution is 7.33. The third kappa shape index (κ3) is 5.12. The summed E-state index contributed by atoms with van der Waals surface area (Å²) in [4.78, 5) is 3.83. The van der Waals surface area contributed by atoms with E-state index in [0.717, 1.165) is 12.1 Å². The van der Waals surface area contributed by atoms with Crippen molar-refractivity contribution in [3.63, 3.8) is 0 Å². The van der Waals surface area contributed by atoms with Crippen LogP contribution in [0.1, 0.15) is 38.3 Å². The van der Waals surface area contributed by atoms with Crippen LogP contribution in [0.4, 0.5) is 22.7 Å². The summed E-state index contributed by atoms with van der Waals surface area (Å²) in [6.07, 6.45) is 5.70. The van der Waals surface area contributed by atoms with Gasteiger partial charge in [-0.2, -0.15) is 0 Å². The van der Waals surface area contributed by atoms with Crippen molar-refractivity contribution in [2.45, 2.75) is 39.7 Å². The highest BCUT2D eigenvalue weighted by atomic mass is 32.1. The molecule has 0 spiro atoms. The Labute approximate surface area is 279 Å². The minimum Gasteiger partial charge on any atom is -0.372 e. The standard InChI is InChI=1S/C42H36N2S2/c1-27-9-5-13-31(21-27)42(43-32-14-6-10-28(2)22-32)20-19-37-39(26-42)46-40-36-18-17-35(25-38(36)45-41(37)40)44(33-15-7-11-29(3)23-33)34-16-8-12-30(4)24-34/h5-25,43H,26H2,1-4H3. The molecule has 1 atom stereocenters. The largest absolute Gasteiger partial charge is 0.372 e. The van der Waals surface area contributed by atoms with Gasteiger partial charge in [0.2, 0.25) is 0 Å². The van der Waals surface area contributed by atoms with Crippen LogP contribution >= 0.6 is 22.7 Å². The van der Waals surface area contributed by atoms with E-state index in [1.54, 1.807) is 0 Å². The van der Waals surface area contributed by atoms with Gasteiger partial charge in [-0.3, -0.25) is 0 Å². The SMILES string of the molecule is Cc1cccc(NC2(c3cccc(C)c3)C=Cc3c(sc4c3sc3cc(N(c5cccc(C)c5)c5cccc(C)c5)ccc34)C2)c1. The third-order valence-electron chi connectivity index (χ3n) is 9.07. The number of aryl methyl sites for hydroxylation is 4. The van der Waals surface area contributed by atoms with Gasteiger partial charge in [-0.05, 0) is 98.5 Å². The second kappa shape index (κ2) is 11.3. The third-order valence-corrected chi connectivity index (χ3v) is 11.6. The summed E-state index contributed by atoms with van der Waals surface area (Å²) in [7, 11) is 0. The van der Waals surface area contributed by atoms with Crippen molar-refractivity contribution >= 4 is 71.0 Å². The molecule has 0 aliphatic heterocycles. The second-order valence-corrected chi connectivity index (χ2v) is 14.9. The van der Waals surface area contributed by atoms with Crippen LogP contribution in [0, 0.1) is 27.7 Å². The zero-order chi connectivity index (χ0) is 31.4. The lowest BCUT2D eigenvalue weighted by atomic mass is 9.80. The molecule has 2 aromatic heterocycles. The fourth-order valence-corrected chi connectivity index (χ4v) is 9.74. The van der Waals surface area contributed by atoms with E-state index >= 15 is 0 Å². The quantitative estimate of drug-likeness (QED) is 0.196. The average molecular weight is 633 g/mol. The maximum atomic E-state index is 3.97. The Morgan fingerprint density at radius 2 is 1.24 bits per heavy atom. The summed E-state index contributed by atoms with van der Waals surface area (Å²) >= 11 is 3.89. The van der Waals surface area contributed by atoms with Crippen LogP contribution in [0.3, 0.4) is 0 Å². The first kappa shape index (κ1) is 28.8. The van der Waals surface area contributed by atoms with Gasteiger partial charge >= 0.3 is 0 Å². The summed E-state index contributed by atoms with van der Waals surface area (Å²) in [5, 5.41) is 5.32. The summed E-state index contributed by atoms with van der Waals surface area (Å²) in [5.74, 6) is 0. The molecule has 1 N–H and O–H groups in total. The Morgan fingerprint density at radius 3 is 1.91 bits per heavy atom. The molecule has 0 fully saturated rings. The minimum absolute atomic E-state index is 0.315. The summed E-state index contributed by atoms with van der Waals surface area (Å²) in [5.41, 5.74) is 12.1. The van der Waals surface area contributed by atoms with Crippen LogP contribution < -0.4 is 10.2 Å². The van der Waals surface area contributed by atoms with Gasteiger partial charge in [0, 0.05) is 49.7 Å². The van der Waals surface area contributed by atoms with Crippen molar-refractivity contribution in [3.05, 3.63) is 160 Å². The van der Waals surface area contributed by atoms with Crippen molar-refractivity contribution in [2.24, 2.45) is 0 Å². The summed E-state index contributed by atoms with van der Waals surface area (Å²) in [6, 6.07) is 42.3. The molecule has 5 aromatic carbocycles. The fraction of sp³-hybridized carbons (Fsp3) is 0.143. The zero-order valence-corrected chi connectivity index (χ0v) is 28.2. The Morgan fingerprint density at radius 1 is 0.609 bits per heavy atom. The minimum atomic E-state index is -0.315. The van der Waals surface area contributed by atoms with Crippen LogP contribution in [0.25, 0.3) is 25.6 Å². The first-order valence-corrected chi connectivity index (χ1v) is 17.5. The van der Waals surface area contributed by atoms with Gasteiger partial charge < -0.3 is 10.2 Å². The Balaban J connectivity index is 1.22. The van der Waals surface area contributed by atoms with Gasteiger partial charge in [-0.25, -0.2) is 0 Å². The van der Waals surface area contributed by atoms with Crippen molar-refractivity contribution in [3.8, 4) is 0 Å². The summed E-state index contributed by atoms with van der Waals surface area (Å²) < 4.78 is 4.12. The summed E-state index contributed by atoms with van der Waals surface area (Å²) in [6.45, 7) is 8.66. The van der Waals surface area contributed by atoms with Crippen molar-refractivity contribution in [1.29, 1.82) is 0 Å². The molecule has 0 amide bonds. The zero-order valence-electron chi connectivity index (χ0n) is 26.6. The fourth-order valence-electron chi connectivity index (χ4n) is 6.86. The molecule has 226 valence electrons. The Kier molecular flexibility index (Phi) is 7.08. The molecule has 46 heavy (non-hydrogen) atoms. The first-order valence-electron chi connectivity index (χ1n) is 15.9. The molecule has 8 rings (SSSR count). The predicted molar refractivity (Wildman–Crippen MR) is 202 cm³/mol. The Hall–Kier alpha value is -4.64. The van der Waals surface area contributed by atoms with Crippen molar-refractivity contribution in [2.75, 3.05) is 10.2 Å². The molecule has 0 bridgehead atoms. The highest BCUT2D eigenvalue weighted by Gasteiger charge is 2.35. The number of rotatable bonds is 6. The van der Waals surface area contributed by atoms with E-state index in [0.29, 0.717) is 0 Å². The normalized spacial score (nSPS) is 15.7. The van der Waals surface area contributed by atoms with Gasteiger partial charge in [0.15, 0.2) is 0 Å². The van der Waals surface area contributed by atoms with E-state index in [1.807, 2.05) is 22.7 Å². The Bertz CT molecular complexity index is 2240. The molecule has 4 heteroatoms. The molecule has 2 nitrogen and oxygen atoms in total. The predicted octanol–water partition coefficient (Wildman–Crippen LogP) is 12.4. The van der Waals surface area contributed by atoms with Crippen LogP contribution in [-0.4, -0.2) is 0 Å². The first-order chi connectivity index (χ1) is 22.3. The number of hydrogen-bond donors (Lipinski definition) is 1. The number of thiophene rings is 2. The van der Waals surface area contributed by atoms with Gasteiger partial charge in [0.05, 0.1) is 14.9 Å². The number of fused-ring (bicyclic) bond motifs is 5. The number of benzene rings is 5. The number of nitrogens with one attached hydrogen (secondary N) is 1. The van der Waals surface area contributed by atoms with E-state index < -0.39 is 0 Å². The number of anilines is 4. The number of hydrogen-bond acceptors (Lipinski definition) is 4. The lowest BCUT2D eigenvalue weighted by Gasteiger charge is -2.36. The van der Waals surface area contributed by atoms with Crippen molar-refractivity contribution in [1.82, 2.24) is 0 Å². The second-order valence-electron chi connectivity index (χ2n) is 12.7. The average Bonchev–Trinajstić information content (AvgIpc) is 3.56. The maximum absolute atomic E-state index is 3.97. The van der Waals surface area contributed by atoms with Gasteiger partial charge in [-0.15, -0.1) is 22.7 Å². The molecular weight excluding hydrogens is 597 g/mol. The number of nitrogens with zero attached hydrogens (tertiary/aromatic N) is 1.